The molecule has 10 heteroatoms. The maximum atomic E-state index is 13.4. The zero-order chi connectivity index (χ0) is 20.1. The maximum Gasteiger partial charge on any atom is 0.437 e. The van der Waals surface area contributed by atoms with E-state index in [1.165, 1.54) is 10.7 Å². The molecular formula is C18H12ClF3N6. The van der Waals surface area contributed by atoms with Crippen molar-refractivity contribution in [1.82, 2.24) is 24.7 Å². The third-order valence-corrected chi connectivity index (χ3v) is 4.37. The first-order chi connectivity index (χ1) is 13.2. The molecule has 3 heterocycles. The lowest BCUT2D eigenvalue weighted by Crippen LogP contribution is -2.15. The Morgan fingerprint density at radius 1 is 1.11 bits per heavy atom. The van der Waals surface area contributed by atoms with Gasteiger partial charge in [-0.25, -0.2) is 9.97 Å². The van der Waals surface area contributed by atoms with Gasteiger partial charge in [0, 0.05) is 30.4 Å². The van der Waals surface area contributed by atoms with Gasteiger partial charge in [0.15, 0.2) is 11.5 Å². The Bertz CT molecular complexity index is 1200. The number of anilines is 1. The highest BCUT2D eigenvalue weighted by atomic mass is 35.5. The van der Waals surface area contributed by atoms with Gasteiger partial charge in [0.2, 0.25) is 0 Å². The van der Waals surface area contributed by atoms with E-state index in [-0.39, 0.29) is 16.4 Å². The van der Waals surface area contributed by atoms with Crippen LogP contribution in [0.1, 0.15) is 5.69 Å². The van der Waals surface area contributed by atoms with Gasteiger partial charge < -0.3 is 5.73 Å². The van der Waals surface area contributed by atoms with Gasteiger partial charge in [-0.3, -0.25) is 9.67 Å². The van der Waals surface area contributed by atoms with Crippen LogP contribution in [-0.2, 0) is 13.2 Å². The summed E-state index contributed by atoms with van der Waals surface area (Å²) < 4.78 is 41.6. The van der Waals surface area contributed by atoms with Gasteiger partial charge in [-0.1, -0.05) is 17.7 Å². The Morgan fingerprint density at radius 3 is 2.57 bits per heavy atom. The average molecular weight is 405 g/mol. The Kier molecular flexibility index (Phi) is 4.19. The standard InChI is InChI=1S/C18H12ClF3N6/c1-28-6-4-12(27-28)15-14(25-16(17(23)26-15)18(20,21)22)10-7-9-3-2-5-24-13(9)11(19)8-10/h2-8H,1H3,(H2,23,26). The van der Waals surface area contributed by atoms with Crippen molar-refractivity contribution in [1.29, 1.82) is 0 Å². The van der Waals surface area contributed by atoms with Gasteiger partial charge in [0.05, 0.1) is 16.2 Å². The van der Waals surface area contributed by atoms with Gasteiger partial charge in [-0.15, -0.1) is 0 Å². The number of halogens is 4. The summed E-state index contributed by atoms with van der Waals surface area (Å²) in [5, 5.41) is 5.16. The van der Waals surface area contributed by atoms with E-state index in [9.17, 15) is 13.2 Å². The molecule has 0 fully saturated rings. The van der Waals surface area contributed by atoms with Crippen LogP contribution in [0.4, 0.5) is 19.0 Å². The predicted molar refractivity (Wildman–Crippen MR) is 99.4 cm³/mol. The van der Waals surface area contributed by atoms with Crippen molar-refractivity contribution < 1.29 is 13.2 Å². The second-order valence-electron chi connectivity index (χ2n) is 6.06. The Hall–Kier alpha value is -3.20. The van der Waals surface area contributed by atoms with Crippen LogP contribution in [0, 0.1) is 0 Å². The van der Waals surface area contributed by atoms with E-state index in [2.05, 4.69) is 20.1 Å². The first-order valence-electron chi connectivity index (χ1n) is 8.03. The molecule has 0 bridgehead atoms. The summed E-state index contributed by atoms with van der Waals surface area (Å²) in [6.45, 7) is 0. The second kappa shape index (κ2) is 6.45. The van der Waals surface area contributed by atoms with Crippen molar-refractivity contribution in [2.75, 3.05) is 5.73 Å². The lowest BCUT2D eigenvalue weighted by Gasteiger charge is -2.14. The summed E-state index contributed by atoms with van der Waals surface area (Å²) in [6, 6.07) is 8.24. The van der Waals surface area contributed by atoms with Crippen LogP contribution in [0.25, 0.3) is 33.5 Å². The third-order valence-electron chi connectivity index (χ3n) is 4.08. The summed E-state index contributed by atoms with van der Waals surface area (Å²) in [7, 11) is 1.68. The van der Waals surface area contributed by atoms with E-state index in [0.29, 0.717) is 22.2 Å². The van der Waals surface area contributed by atoms with Gasteiger partial charge in [0.25, 0.3) is 0 Å². The number of aromatic nitrogens is 5. The Labute approximate surface area is 161 Å². The number of nitrogens with zero attached hydrogens (tertiary/aromatic N) is 5. The van der Waals surface area contributed by atoms with Crippen LogP contribution in [-0.4, -0.2) is 24.7 Å². The van der Waals surface area contributed by atoms with E-state index in [1.54, 1.807) is 43.7 Å². The molecule has 2 N–H and O–H groups in total. The van der Waals surface area contributed by atoms with Crippen molar-refractivity contribution in [3.05, 3.63) is 53.4 Å². The Balaban J connectivity index is 2.04. The van der Waals surface area contributed by atoms with E-state index in [4.69, 9.17) is 17.3 Å². The van der Waals surface area contributed by atoms with Crippen LogP contribution in [0.15, 0.2) is 42.7 Å². The molecule has 4 rings (SSSR count). The fourth-order valence-corrected chi connectivity index (χ4v) is 3.14. The fourth-order valence-electron chi connectivity index (χ4n) is 2.86. The minimum absolute atomic E-state index is 0.0205. The van der Waals surface area contributed by atoms with Gasteiger partial charge in [0.1, 0.15) is 11.4 Å². The molecule has 4 aromatic rings. The molecule has 0 saturated carbocycles. The predicted octanol–water partition coefficient (Wildman–Crippen LogP) is 4.35. The largest absolute Gasteiger partial charge is 0.437 e. The summed E-state index contributed by atoms with van der Waals surface area (Å²) >= 11 is 6.30. The molecule has 0 aliphatic carbocycles. The van der Waals surface area contributed by atoms with E-state index in [0.717, 1.165) is 0 Å². The monoisotopic (exact) mass is 404 g/mol. The van der Waals surface area contributed by atoms with Gasteiger partial charge in [-0.05, 0) is 24.3 Å². The molecule has 1 aromatic carbocycles. The SMILES string of the molecule is Cn1ccc(-c2nc(N)c(C(F)(F)F)nc2-c2cc(Cl)c3ncccc3c2)n1. The number of nitrogen functional groups attached to an aromatic ring is 1. The molecule has 0 spiro atoms. The molecular weight excluding hydrogens is 393 g/mol. The summed E-state index contributed by atoms with van der Waals surface area (Å²) in [5.74, 6) is -0.717. The highest BCUT2D eigenvalue weighted by molar-refractivity contribution is 6.35. The minimum atomic E-state index is -4.75. The van der Waals surface area contributed by atoms with E-state index < -0.39 is 17.7 Å². The van der Waals surface area contributed by atoms with Crippen molar-refractivity contribution in [2.45, 2.75) is 6.18 Å². The van der Waals surface area contributed by atoms with Crippen LogP contribution in [0.2, 0.25) is 5.02 Å². The Morgan fingerprint density at radius 2 is 1.89 bits per heavy atom. The molecule has 0 atom stereocenters. The van der Waals surface area contributed by atoms with Crippen LogP contribution in [0.3, 0.4) is 0 Å². The fraction of sp³-hybridized carbons (Fsp3) is 0.111. The van der Waals surface area contributed by atoms with Crippen molar-refractivity contribution in [2.24, 2.45) is 7.05 Å². The molecule has 0 amide bonds. The van der Waals surface area contributed by atoms with E-state index >= 15 is 0 Å². The number of fused-ring (bicyclic) bond motifs is 1. The summed E-state index contributed by atoms with van der Waals surface area (Å²) in [6.07, 6.45) is -1.53. The average Bonchev–Trinajstić information content (AvgIpc) is 3.06. The van der Waals surface area contributed by atoms with Crippen LogP contribution in [0.5, 0.6) is 0 Å². The molecule has 28 heavy (non-hydrogen) atoms. The summed E-state index contributed by atoms with van der Waals surface area (Å²) in [5.41, 5.74) is 5.63. The zero-order valence-electron chi connectivity index (χ0n) is 14.4. The highest BCUT2D eigenvalue weighted by Gasteiger charge is 2.37. The molecule has 6 nitrogen and oxygen atoms in total. The summed E-state index contributed by atoms with van der Waals surface area (Å²) in [4.78, 5) is 12.0. The number of pyridine rings is 1. The maximum absolute atomic E-state index is 13.4. The highest BCUT2D eigenvalue weighted by Crippen LogP contribution is 2.38. The smallest absolute Gasteiger partial charge is 0.382 e. The third kappa shape index (κ3) is 3.13. The van der Waals surface area contributed by atoms with Crippen molar-refractivity contribution in [3.8, 4) is 22.6 Å². The van der Waals surface area contributed by atoms with Gasteiger partial charge in [-0.2, -0.15) is 18.3 Å². The molecule has 0 aliphatic heterocycles. The lowest BCUT2D eigenvalue weighted by atomic mass is 10.0. The number of rotatable bonds is 2. The molecule has 0 aliphatic rings. The molecule has 3 aromatic heterocycles. The normalized spacial score (nSPS) is 11.9. The van der Waals surface area contributed by atoms with E-state index in [1.807, 2.05) is 0 Å². The van der Waals surface area contributed by atoms with Crippen molar-refractivity contribution in [3.63, 3.8) is 0 Å². The molecule has 142 valence electrons. The number of benzene rings is 1. The number of hydrogen-bond acceptors (Lipinski definition) is 5. The topological polar surface area (TPSA) is 82.5 Å². The number of nitrogens with two attached hydrogens (primary N) is 1. The zero-order valence-corrected chi connectivity index (χ0v) is 15.1. The number of hydrogen-bond donors (Lipinski definition) is 1. The van der Waals surface area contributed by atoms with Crippen LogP contribution < -0.4 is 5.73 Å². The molecule has 0 unspecified atom stereocenters. The van der Waals surface area contributed by atoms with Crippen LogP contribution >= 0.6 is 11.6 Å². The van der Waals surface area contributed by atoms with Gasteiger partial charge >= 0.3 is 6.18 Å². The number of alkyl halides is 3. The molecule has 0 saturated heterocycles. The minimum Gasteiger partial charge on any atom is -0.382 e. The first kappa shape index (κ1) is 18.2. The molecule has 0 radical (unpaired) electrons. The second-order valence-corrected chi connectivity index (χ2v) is 6.47. The first-order valence-corrected chi connectivity index (χ1v) is 8.41. The quantitative estimate of drug-likeness (QED) is 0.537. The lowest BCUT2D eigenvalue weighted by molar-refractivity contribution is -0.140. The van der Waals surface area contributed by atoms with Crippen molar-refractivity contribution >= 4 is 28.3 Å². The number of aryl methyl sites for hydroxylation is 1.